The van der Waals surface area contributed by atoms with E-state index in [0.717, 1.165) is 17.8 Å². The van der Waals surface area contributed by atoms with E-state index in [2.05, 4.69) is 20.4 Å². The molecule has 0 unspecified atom stereocenters. The Bertz CT molecular complexity index is 996. The van der Waals surface area contributed by atoms with E-state index in [1.807, 2.05) is 0 Å². The van der Waals surface area contributed by atoms with Crippen molar-refractivity contribution in [2.45, 2.75) is 26.6 Å². The Labute approximate surface area is 146 Å². The number of halogens is 3. The van der Waals surface area contributed by atoms with Crippen molar-refractivity contribution in [1.82, 2.24) is 19.6 Å². The number of rotatable bonds is 3. The predicted molar refractivity (Wildman–Crippen MR) is 87.5 cm³/mol. The van der Waals surface area contributed by atoms with Crippen LogP contribution in [0.2, 0.25) is 0 Å². The minimum Gasteiger partial charge on any atom is -0.326 e. The average Bonchev–Trinajstić information content (AvgIpc) is 2.98. The molecule has 0 aliphatic carbocycles. The molecule has 136 valence electrons. The molecule has 0 aliphatic heterocycles. The van der Waals surface area contributed by atoms with E-state index in [0.29, 0.717) is 5.69 Å². The minimum atomic E-state index is -4.55. The van der Waals surface area contributed by atoms with Crippen molar-refractivity contribution in [3.05, 3.63) is 52.6 Å². The smallest absolute Gasteiger partial charge is 0.326 e. The van der Waals surface area contributed by atoms with Crippen LogP contribution < -0.4 is 11.1 Å². The summed E-state index contributed by atoms with van der Waals surface area (Å²) in [6.07, 6.45) is -4.55. The van der Waals surface area contributed by atoms with Gasteiger partial charge >= 0.3 is 6.18 Å². The van der Waals surface area contributed by atoms with Gasteiger partial charge < -0.3 is 11.1 Å². The van der Waals surface area contributed by atoms with Crippen molar-refractivity contribution in [2.75, 3.05) is 5.32 Å². The van der Waals surface area contributed by atoms with Gasteiger partial charge in [-0.05, 0) is 43.7 Å². The summed E-state index contributed by atoms with van der Waals surface area (Å²) < 4.78 is 40.3. The summed E-state index contributed by atoms with van der Waals surface area (Å²) in [7, 11) is 0. The van der Waals surface area contributed by atoms with Crippen LogP contribution in [-0.2, 0) is 12.7 Å². The number of nitrogens with zero attached hydrogens (tertiary/aromatic N) is 4. The monoisotopic (exact) mass is 364 g/mol. The Morgan fingerprint density at radius 1 is 1.19 bits per heavy atom. The number of nitrogens with one attached hydrogen (secondary N) is 1. The van der Waals surface area contributed by atoms with Crippen LogP contribution in [0.3, 0.4) is 0 Å². The molecule has 7 nitrogen and oxygen atoms in total. The van der Waals surface area contributed by atoms with Crippen LogP contribution in [0, 0.1) is 13.8 Å². The molecule has 0 atom stereocenters. The second-order valence-corrected chi connectivity index (χ2v) is 5.76. The van der Waals surface area contributed by atoms with Gasteiger partial charge in [-0.25, -0.2) is 9.50 Å². The number of carbonyl (C=O) groups excluding carboxylic acids is 1. The van der Waals surface area contributed by atoms with Gasteiger partial charge in [-0.2, -0.15) is 18.2 Å². The third-order valence-electron chi connectivity index (χ3n) is 3.64. The van der Waals surface area contributed by atoms with E-state index in [1.54, 1.807) is 19.9 Å². The highest BCUT2D eigenvalue weighted by atomic mass is 19.4. The van der Waals surface area contributed by atoms with Gasteiger partial charge in [0, 0.05) is 23.6 Å². The summed E-state index contributed by atoms with van der Waals surface area (Å²) >= 11 is 0. The Kier molecular flexibility index (Phi) is 4.36. The zero-order valence-electron chi connectivity index (χ0n) is 13.9. The molecule has 0 fully saturated rings. The van der Waals surface area contributed by atoms with Gasteiger partial charge in [0.25, 0.3) is 11.7 Å². The highest BCUT2D eigenvalue weighted by Crippen LogP contribution is 2.32. The first-order valence-electron chi connectivity index (χ1n) is 7.61. The number of hydrogen-bond acceptors (Lipinski definition) is 5. The molecule has 26 heavy (non-hydrogen) atoms. The van der Waals surface area contributed by atoms with Gasteiger partial charge in [-0.1, -0.05) is 0 Å². The van der Waals surface area contributed by atoms with Crippen LogP contribution in [0.25, 0.3) is 5.78 Å². The number of alkyl halides is 3. The third-order valence-corrected chi connectivity index (χ3v) is 3.64. The topological polar surface area (TPSA) is 98.2 Å². The SMILES string of the molecule is Cc1cc(C)n2nc(C(=O)Nc3cc(CN)cc(C(F)(F)F)c3)nc2n1. The first kappa shape index (κ1) is 17.8. The van der Waals surface area contributed by atoms with Gasteiger partial charge in [0.05, 0.1) is 5.56 Å². The van der Waals surface area contributed by atoms with E-state index in [-0.39, 0.29) is 29.4 Å². The second kappa shape index (κ2) is 6.37. The Morgan fingerprint density at radius 3 is 2.58 bits per heavy atom. The van der Waals surface area contributed by atoms with Crippen molar-refractivity contribution in [3.63, 3.8) is 0 Å². The summed E-state index contributed by atoms with van der Waals surface area (Å²) in [5.41, 5.74) is 6.18. The predicted octanol–water partition coefficient (Wildman–Crippen LogP) is 2.47. The number of carbonyl (C=O) groups is 1. The fraction of sp³-hybridized carbons (Fsp3) is 0.250. The van der Waals surface area contributed by atoms with Crippen LogP contribution in [0.4, 0.5) is 18.9 Å². The largest absolute Gasteiger partial charge is 0.416 e. The zero-order chi connectivity index (χ0) is 19.1. The maximum absolute atomic E-state index is 13.0. The van der Waals surface area contributed by atoms with E-state index in [9.17, 15) is 18.0 Å². The van der Waals surface area contributed by atoms with Crippen molar-refractivity contribution in [3.8, 4) is 0 Å². The number of aryl methyl sites for hydroxylation is 2. The Morgan fingerprint density at radius 2 is 1.92 bits per heavy atom. The van der Waals surface area contributed by atoms with E-state index in [1.165, 1.54) is 10.6 Å². The van der Waals surface area contributed by atoms with Gasteiger partial charge in [-0.3, -0.25) is 4.79 Å². The van der Waals surface area contributed by atoms with Gasteiger partial charge in [-0.15, -0.1) is 5.10 Å². The molecule has 3 rings (SSSR count). The molecular weight excluding hydrogens is 349 g/mol. The first-order chi connectivity index (χ1) is 12.2. The number of benzene rings is 1. The lowest BCUT2D eigenvalue weighted by molar-refractivity contribution is -0.137. The lowest BCUT2D eigenvalue weighted by Gasteiger charge is -2.11. The molecule has 0 spiro atoms. The minimum absolute atomic E-state index is 0.0370. The van der Waals surface area contributed by atoms with Gasteiger partial charge in [0.2, 0.25) is 5.82 Å². The molecule has 3 aromatic rings. The van der Waals surface area contributed by atoms with E-state index < -0.39 is 17.6 Å². The molecule has 0 bridgehead atoms. The molecule has 0 saturated heterocycles. The van der Waals surface area contributed by atoms with E-state index >= 15 is 0 Å². The molecule has 0 aliphatic rings. The summed E-state index contributed by atoms with van der Waals surface area (Å²) in [4.78, 5) is 20.5. The van der Waals surface area contributed by atoms with Crippen LogP contribution in [-0.4, -0.2) is 25.5 Å². The van der Waals surface area contributed by atoms with Crippen molar-refractivity contribution < 1.29 is 18.0 Å². The highest BCUT2D eigenvalue weighted by molar-refractivity contribution is 6.01. The lowest BCUT2D eigenvalue weighted by atomic mass is 10.1. The summed E-state index contributed by atoms with van der Waals surface area (Å²) in [5.74, 6) is -0.702. The number of nitrogens with two attached hydrogens (primary N) is 1. The first-order valence-corrected chi connectivity index (χ1v) is 7.61. The number of aromatic nitrogens is 4. The summed E-state index contributed by atoms with van der Waals surface area (Å²) in [6, 6.07) is 4.91. The Hall–Kier alpha value is -3.01. The lowest BCUT2D eigenvalue weighted by Crippen LogP contribution is -2.16. The average molecular weight is 364 g/mol. The standard InChI is InChI=1S/C16H15F3N6O/c1-8-3-9(2)25-15(21-8)23-13(24-25)14(26)22-12-5-10(7-20)4-11(6-12)16(17,18)19/h3-6H,7,20H2,1-2H3,(H,22,26). The highest BCUT2D eigenvalue weighted by Gasteiger charge is 2.31. The number of fused-ring (bicyclic) bond motifs is 1. The zero-order valence-corrected chi connectivity index (χ0v) is 13.9. The maximum atomic E-state index is 13.0. The molecule has 2 heterocycles. The molecule has 1 amide bonds. The van der Waals surface area contributed by atoms with Crippen LogP contribution in [0.15, 0.2) is 24.3 Å². The van der Waals surface area contributed by atoms with Gasteiger partial charge in [0.1, 0.15) is 0 Å². The fourth-order valence-corrected chi connectivity index (χ4v) is 2.50. The van der Waals surface area contributed by atoms with Crippen molar-refractivity contribution in [1.29, 1.82) is 0 Å². The summed E-state index contributed by atoms with van der Waals surface area (Å²) in [6.45, 7) is 3.46. The number of anilines is 1. The molecule has 1 aromatic carbocycles. The van der Waals surface area contributed by atoms with E-state index in [4.69, 9.17) is 5.73 Å². The third kappa shape index (κ3) is 3.49. The molecule has 0 saturated carbocycles. The van der Waals surface area contributed by atoms with Crippen LogP contribution in [0.1, 0.15) is 33.1 Å². The maximum Gasteiger partial charge on any atom is 0.416 e. The van der Waals surface area contributed by atoms with Crippen LogP contribution >= 0.6 is 0 Å². The van der Waals surface area contributed by atoms with Gasteiger partial charge in [0.15, 0.2) is 0 Å². The van der Waals surface area contributed by atoms with Crippen molar-refractivity contribution in [2.24, 2.45) is 5.73 Å². The Balaban J connectivity index is 1.94. The molecule has 10 heteroatoms. The van der Waals surface area contributed by atoms with Crippen LogP contribution in [0.5, 0.6) is 0 Å². The summed E-state index contributed by atoms with van der Waals surface area (Å²) in [5, 5.41) is 6.43. The molecule has 0 radical (unpaired) electrons. The van der Waals surface area contributed by atoms with Crippen molar-refractivity contribution >= 4 is 17.4 Å². The number of amides is 1. The second-order valence-electron chi connectivity index (χ2n) is 5.76. The normalized spacial score (nSPS) is 11.8. The molecule has 2 aromatic heterocycles. The quantitative estimate of drug-likeness (QED) is 0.744. The molecular formula is C16H15F3N6O. The molecule has 3 N–H and O–H groups in total. The fourth-order valence-electron chi connectivity index (χ4n) is 2.50. The number of hydrogen-bond donors (Lipinski definition) is 2.